The van der Waals surface area contributed by atoms with Gasteiger partial charge in [0, 0.05) is 37.7 Å². The molecule has 0 N–H and O–H groups in total. The van der Waals surface area contributed by atoms with Gasteiger partial charge < -0.3 is 9.64 Å². The second-order valence-electron chi connectivity index (χ2n) is 6.16. The van der Waals surface area contributed by atoms with Gasteiger partial charge in [-0.3, -0.25) is 0 Å². The van der Waals surface area contributed by atoms with E-state index in [9.17, 15) is 0 Å². The van der Waals surface area contributed by atoms with E-state index < -0.39 is 0 Å². The number of ether oxygens (including phenoxy) is 1. The Morgan fingerprint density at radius 3 is 2.18 bits per heavy atom. The van der Waals surface area contributed by atoms with Crippen molar-refractivity contribution in [2.75, 3.05) is 31.6 Å². The lowest BCUT2D eigenvalue weighted by molar-refractivity contribution is 0.000854. The van der Waals surface area contributed by atoms with Crippen LogP contribution < -0.4 is 0 Å². The van der Waals surface area contributed by atoms with Gasteiger partial charge in [0.05, 0.1) is 0 Å². The fraction of sp³-hybridized carbons (Fsp3) is 1.00. The van der Waals surface area contributed by atoms with Crippen molar-refractivity contribution in [3.8, 4) is 0 Å². The molecule has 0 spiro atoms. The molecule has 1 fully saturated rings. The molecule has 0 radical (unpaired) electrons. The number of nitrogens with zero attached hydrogens (tertiary/aromatic N) is 1. The van der Waals surface area contributed by atoms with Crippen molar-refractivity contribution in [1.29, 1.82) is 0 Å². The Balaban J connectivity index is 2.62. The normalized spacial score (nSPS) is 20.5. The number of halogens is 1. The molecule has 1 aliphatic rings. The summed E-state index contributed by atoms with van der Waals surface area (Å²) in [6.07, 6.45) is 2.39. The minimum Gasteiger partial charge on any atom is -0.381 e. The molecule has 0 aromatic rings. The molecule has 0 aromatic carbocycles. The lowest BCUT2D eigenvalue weighted by atomic mass is 9.81. The highest BCUT2D eigenvalue weighted by molar-refractivity contribution is 9.09. The molecular weight excluding hydrogens is 278 g/mol. The van der Waals surface area contributed by atoms with Gasteiger partial charge in [-0.05, 0) is 38.0 Å². The second kappa shape index (κ2) is 7.10. The number of rotatable bonds is 6. The molecule has 0 aromatic heterocycles. The van der Waals surface area contributed by atoms with Crippen LogP contribution in [0.15, 0.2) is 0 Å². The summed E-state index contributed by atoms with van der Waals surface area (Å²) in [5, 5.41) is 1.10. The highest BCUT2D eigenvalue weighted by Gasteiger charge is 2.34. The molecule has 0 amide bonds. The van der Waals surface area contributed by atoms with Crippen LogP contribution in [0.5, 0.6) is 0 Å². The van der Waals surface area contributed by atoms with E-state index in [0.29, 0.717) is 11.5 Å². The van der Waals surface area contributed by atoms with E-state index in [0.717, 1.165) is 24.5 Å². The number of hydrogen-bond acceptors (Lipinski definition) is 2. The number of alkyl halides is 1. The van der Waals surface area contributed by atoms with Gasteiger partial charge in [0.1, 0.15) is 0 Å². The van der Waals surface area contributed by atoms with Crippen LogP contribution in [-0.4, -0.2) is 42.6 Å². The smallest absolute Gasteiger partial charge is 0.0472 e. The van der Waals surface area contributed by atoms with Crippen molar-refractivity contribution >= 4 is 15.9 Å². The van der Waals surface area contributed by atoms with Gasteiger partial charge in [-0.1, -0.05) is 29.8 Å². The monoisotopic (exact) mass is 305 g/mol. The van der Waals surface area contributed by atoms with E-state index >= 15 is 0 Å². The summed E-state index contributed by atoms with van der Waals surface area (Å²) < 4.78 is 5.51. The molecule has 1 rings (SSSR count). The molecule has 0 bridgehead atoms. The molecule has 0 unspecified atom stereocenters. The van der Waals surface area contributed by atoms with Gasteiger partial charge in [-0.2, -0.15) is 0 Å². The average Bonchev–Trinajstić information content (AvgIpc) is 2.29. The van der Waals surface area contributed by atoms with Crippen LogP contribution in [0.2, 0.25) is 0 Å². The zero-order valence-corrected chi connectivity index (χ0v) is 13.4. The van der Waals surface area contributed by atoms with Crippen LogP contribution in [0.4, 0.5) is 0 Å². The summed E-state index contributed by atoms with van der Waals surface area (Å²) in [4.78, 5) is 2.64. The van der Waals surface area contributed by atoms with Crippen LogP contribution in [-0.2, 0) is 4.74 Å². The summed E-state index contributed by atoms with van der Waals surface area (Å²) in [6.45, 7) is 13.5. The maximum Gasteiger partial charge on any atom is 0.0472 e. The van der Waals surface area contributed by atoms with E-state index in [-0.39, 0.29) is 0 Å². The van der Waals surface area contributed by atoms with Crippen molar-refractivity contribution in [1.82, 2.24) is 4.90 Å². The predicted molar refractivity (Wildman–Crippen MR) is 77.8 cm³/mol. The van der Waals surface area contributed by atoms with Crippen molar-refractivity contribution in [3.05, 3.63) is 0 Å². The average molecular weight is 306 g/mol. The topological polar surface area (TPSA) is 12.5 Å². The van der Waals surface area contributed by atoms with Crippen LogP contribution >= 0.6 is 15.9 Å². The van der Waals surface area contributed by atoms with E-state index in [1.54, 1.807) is 0 Å². The Hall–Kier alpha value is 0.400. The van der Waals surface area contributed by atoms with Gasteiger partial charge in [-0.15, -0.1) is 0 Å². The molecule has 17 heavy (non-hydrogen) atoms. The summed E-state index contributed by atoms with van der Waals surface area (Å²) in [5.41, 5.74) is 0.428. The van der Waals surface area contributed by atoms with Gasteiger partial charge in [0.15, 0.2) is 0 Å². The predicted octanol–water partition coefficient (Wildman–Crippen LogP) is 3.54. The SMILES string of the molecule is CC(C)CN(CC1(CBr)CCOCC1)C(C)C. The Labute approximate surface area is 115 Å². The quantitative estimate of drug-likeness (QED) is 0.696. The van der Waals surface area contributed by atoms with Crippen LogP contribution in [0, 0.1) is 11.3 Å². The maximum atomic E-state index is 5.51. The molecule has 1 saturated heterocycles. The van der Waals surface area contributed by atoms with Crippen molar-refractivity contribution < 1.29 is 4.74 Å². The first-order valence-electron chi connectivity index (χ1n) is 6.87. The first-order valence-corrected chi connectivity index (χ1v) is 7.99. The van der Waals surface area contributed by atoms with E-state index in [4.69, 9.17) is 4.74 Å². The third kappa shape index (κ3) is 4.88. The lowest BCUT2D eigenvalue weighted by Crippen LogP contribution is -2.46. The molecule has 1 aliphatic heterocycles. The fourth-order valence-corrected chi connectivity index (χ4v) is 3.23. The first-order chi connectivity index (χ1) is 7.99. The van der Waals surface area contributed by atoms with Crippen LogP contribution in [0.25, 0.3) is 0 Å². The molecule has 102 valence electrons. The zero-order chi connectivity index (χ0) is 12.9. The standard InChI is InChI=1S/C14H28BrNO/c1-12(2)9-16(13(3)4)11-14(10-15)5-7-17-8-6-14/h12-13H,5-11H2,1-4H3. The molecule has 0 atom stereocenters. The zero-order valence-electron chi connectivity index (χ0n) is 11.8. The lowest BCUT2D eigenvalue weighted by Gasteiger charge is -2.42. The minimum atomic E-state index is 0.428. The molecule has 1 heterocycles. The number of hydrogen-bond donors (Lipinski definition) is 0. The Morgan fingerprint density at radius 1 is 1.18 bits per heavy atom. The van der Waals surface area contributed by atoms with Crippen molar-refractivity contribution in [2.24, 2.45) is 11.3 Å². The third-order valence-electron chi connectivity index (χ3n) is 3.71. The summed E-state index contributed by atoms with van der Waals surface area (Å²) in [5.74, 6) is 0.740. The van der Waals surface area contributed by atoms with Crippen molar-refractivity contribution in [2.45, 2.75) is 46.6 Å². The van der Waals surface area contributed by atoms with Gasteiger partial charge >= 0.3 is 0 Å². The maximum absolute atomic E-state index is 5.51. The second-order valence-corrected chi connectivity index (χ2v) is 6.72. The fourth-order valence-electron chi connectivity index (χ4n) is 2.50. The molecule has 3 heteroatoms. The summed E-state index contributed by atoms with van der Waals surface area (Å²) in [6, 6.07) is 0.635. The summed E-state index contributed by atoms with van der Waals surface area (Å²) >= 11 is 3.73. The third-order valence-corrected chi connectivity index (χ3v) is 4.89. The summed E-state index contributed by atoms with van der Waals surface area (Å²) in [7, 11) is 0. The van der Waals surface area contributed by atoms with Gasteiger partial charge in [-0.25, -0.2) is 0 Å². The van der Waals surface area contributed by atoms with Crippen molar-refractivity contribution in [3.63, 3.8) is 0 Å². The largest absolute Gasteiger partial charge is 0.381 e. The molecular formula is C14H28BrNO. The molecule has 0 aliphatic carbocycles. The Kier molecular flexibility index (Phi) is 6.46. The first kappa shape index (κ1) is 15.5. The van der Waals surface area contributed by atoms with E-state index in [2.05, 4.69) is 48.5 Å². The Morgan fingerprint density at radius 2 is 1.76 bits per heavy atom. The minimum absolute atomic E-state index is 0.428. The van der Waals surface area contributed by atoms with E-state index in [1.807, 2.05) is 0 Å². The van der Waals surface area contributed by atoms with Crippen LogP contribution in [0.1, 0.15) is 40.5 Å². The van der Waals surface area contributed by atoms with Crippen LogP contribution in [0.3, 0.4) is 0 Å². The highest BCUT2D eigenvalue weighted by atomic mass is 79.9. The molecule has 0 saturated carbocycles. The Bertz CT molecular complexity index is 212. The van der Waals surface area contributed by atoms with E-state index in [1.165, 1.54) is 25.9 Å². The van der Waals surface area contributed by atoms with Gasteiger partial charge in [0.2, 0.25) is 0 Å². The highest BCUT2D eigenvalue weighted by Crippen LogP contribution is 2.34. The molecule has 2 nitrogen and oxygen atoms in total. The van der Waals surface area contributed by atoms with Gasteiger partial charge in [0.25, 0.3) is 0 Å².